The SMILES string of the molecule is [C-]#[N+]c1cc(COc2cc(OCc3cccc(-c4cccc(OCCCCl)c4C)c3C)c(Cl)cc2CN[C@@H](CCCCN)C(=O)OC)cc(C(=O)O)c1. The van der Waals surface area contributed by atoms with Crippen LogP contribution in [0.1, 0.15) is 63.9 Å². The van der Waals surface area contributed by atoms with Gasteiger partial charge in [-0.15, -0.1) is 11.6 Å². The third-order valence-corrected chi connectivity index (χ3v) is 9.34. The first kappa shape index (κ1) is 41.0. The minimum atomic E-state index is -1.15. The van der Waals surface area contributed by atoms with Crippen LogP contribution in [0.2, 0.25) is 5.02 Å². The van der Waals surface area contributed by atoms with E-state index in [1.165, 1.54) is 19.2 Å². The molecule has 0 heterocycles. The van der Waals surface area contributed by atoms with Gasteiger partial charge in [-0.25, -0.2) is 9.64 Å². The molecule has 0 radical (unpaired) electrons. The number of hydrogen-bond acceptors (Lipinski definition) is 8. The van der Waals surface area contributed by atoms with Crippen LogP contribution in [-0.2, 0) is 29.3 Å². The number of unbranched alkanes of at least 4 members (excludes halogenated alkanes) is 1. The lowest BCUT2D eigenvalue weighted by Crippen LogP contribution is -2.37. The number of carboxylic acid groups (broad SMARTS) is 1. The largest absolute Gasteiger partial charge is 0.493 e. The van der Waals surface area contributed by atoms with Gasteiger partial charge in [0.05, 0.1) is 25.3 Å². The van der Waals surface area contributed by atoms with Gasteiger partial charge in [-0.05, 0) is 103 Å². The van der Waals surface area contributed by atoms with Gasteiger partial charge in [-0.3, -0.25) is 4.79 Å². The highest BCUT2D eigenvalue weighted by Gasteiger charge is 2.21. The highest BCUT2D eigenvalue weighted by Crippen LogP contribution is 2.36. The molecule has 4 aromatic rings. The molecule has 0 bridgehead atoms. The number of carboxylic acids is 1. The summed E-state index contributed by atoms with van der Waals surface area (Å²) in [6, 6.07) is 19.2. The van der Waals surface area contributed by atoms with E-state index in [-0.39, 0.29) is 31.0 Å². The number of nitrogens with two attached hydrogens (primary N) is 1. The molecule has 0 aliphatic carbocycles. The lowest BCUT2D eigenvalue weighted by atomic mass is 9.93. The molecule has 10 nitrogen and oxygen atoms in total. The third-order valence-electron chi connectivity index (χ3n) is 8.77. The second-order valence-electron chi connectivity index (χ2n) is 12.4. The molecular weight excluding hydrogens is 717 g/mol. The topological polar surface area (TPSA) is 134 Å². The van der Waals surface area contributed by atoms with Gasteiger partial charge < -0.3 is 35.1 Å². The number of nitrogens with one attached hydrogen (secondary N) is 1. The first-order chi connectivity index (χ1) is 25.6. The van der Waals surface area contributed by atoms with Crippen LogP contribution in [0.4, 0.5) is 5.69 Å². The van der Waals surface area contributed by atoms with Crippen LogP contribution in [-0.4, -0.2) is 49.2 Å². The number of esters is 1. The maximum atomic E-state index is 12.6. The van der Waals surface area contributed by atoms with Gasteiger partial charge in [0.1, 0.15) is 36.5 Å². The molecule has 53 heavy (non-hydrogen) atoms. The molecule has 280 valence electrons. The Morgan fingerprint density at radius 2 is 1.62 bits per heavy atom. The van der Waals surface area contributed by atoms with Gasteiger partial charge in [0.25, 0.3) is 0 Å². The van der Waals surface area contributed by atoms with Gasteiger partial charge in [0, 0.05) is 29.6 Å². The monoisotopic (exact) mass is 761 g/mol. The van der Waals surface area contributed by atoms with Crippen molar-refractivity contribution in [3.8, 4) is 28.4 Å². The van der Waals surface area contributed by atoms with E-state index >= 15 is 0 Å². The molecule has 0 saturated carbocycles. The highest BCUT2D eigenvalue weighted by molar-refractivity contribution is 6.32. The summed E-state index contributed by atoms with van der Waals surface area (Å²) in [5.41, 5.74) is 12.1. The maximum Gasteiger partial charge on any atom is 0.334 e. The Kier molecular flexibility index (Phi) is 15.8. The third kappa shape index (κ3) is 11.3. The Morgan fingerprint density at radius 3 is 2.32 bits per heavy atom. The van der Waals surface area contributed by atoms with Gasteiger partial charge in [0.2, 0.25) is 0 Å². The first-order valence-corrected chi connectivity index (χ1v) is 18.2. The van der Waals surface area contributed by atoms with E-state index in [4.69, 9.17) is 54.5 Å². The van der Waals surface area contributed by atoms with Crippen LogP contribution in [0.15, 0.2) is 66.7 Å². The zero-order chi connectivity index (χ0) is 38.3. The fourth-order valence-electron chi connectivity index (χ4n) is 5.82. The Labute approximate surface area is 320 Å². The van der Waals surface area contributed by atoms with Crippen molar-refractivity contribution in [2.24, 2.45) is 5.73 Å². The van der Waals surface area contributed by atoms with Crippen molar-refractivity contribution < 1.29 is 33.6 Å². The summed E-state index contributed by atoms with van der Waals surface area (Å²) < 4.78 is 23.6. The molecule has 4 N–H and O–H groups in total. The molecule has 0 saturated heterocycles. The lowest BCUT2D eigenvalue weighted by molar-refractivity contribution is -0.143. The van der Waals surface area contributed by atoms with Crippen molar-refractivity contribution in [3.63, 3.8) is 0 Å². The molecule has 0 aromatic heterocycles. The molecule has 0 fully saturated rings. The number of carbonyl (C=O) groups excluding carboxylic acids is 1. The van der Waals surface area contributed by atoms with Crippen LogP contribution < -0.4 is 25.3 Å². The van der Waals surface area contributed by atoms with Crippen molar-refractivity contribution in [1.82, 2.24) is 5.32 Å². The summed E-state index contributed by atoms with van der Waals surface area (Å²) in [7, 11) is 1.34. The van der Waals surface area contributed by atoms with Gasteiger partial charge in [-0.2, -0.15) is 0 Å². The standard InChI is InChI=1S/C41H45Cl2N3O7/c1-26-29(10-7-11-33(26)34-12-8-14-37(27(34)2)51-17-9-15-42)25-53-39-22-38(52-24-28-18-30(40(47)48)20-32(19-28)45-3)31(21-35(39)43)23-46-36(41(49)50-4)13-5-6-16-44/h7-8,10-12,14,18-22,36,46H,5-6,9,13,15-17,23-25,44H2,1-2,4H3,(H,47,48)/t36-/m0/s1. The predicted molar refractivity (Wildman–Crippen MR) is 208 cm³/mol. The van der Waals surface area contributed by atoms with Gasteiger partial charge in [0.15, 0.2) is 5.69 Å². The molecule has 0 aliphatic heterocycles. The van der Waals surface area contributed by atoms with E-state index < -0.39 is 18.0 Å². The highest BCUT2D eigenvalue weighted by atomic mass is 35.5. The number of aromatic carboxylic acids is 1. The Hall–Kier alpha value is -4.79. The second-order valence-corrected chi connectivity index (χ2v) is 13.2. The summed E-state index contributed by atoms with van der Waals surface area (Å²) in [5, 5.41) is 13.2. The fourth-order valence-corrected chi connectivity index (χ4v) is 6.17. The summed E-state index contributed by atoms with van der Waals surface area (Å²) in [4.78, 5) is 27.7. The number of nitrogens with zero attached hydrogens (tertiary/aromatic N) is 1. The fraction of sp³-hybridized carbons (Fsp3) is 0.341. The molecule has 0 unspecified atom stereocenters. The number of ether oxygens (including phenoxy) is 4. The minimum Gasteiger partial charge on any atom is -0.493 e. The number of methoxy groups -OCH3 is 1. The quantitative estimate of drug-likeness (QED) is 0.0350. The molecule has 0 amide bonds. The lowest BCUT2D eigenvalue weighted by Gasteiger charge is -2.20. The van der Waals surface area contributed by atoms with E-state index in [1.807, 2.05) is 38.1 Å². The first-order valence-electron chi connectivity index (χ1n) is 17.3. The normalized spacial score (nSPS) is 11.4. The molecule has 0 spiro atoms. The summed E-state index contributed by atoms with van der Waals surface area (Å²) in [5.74, 6) is 0.578. The van der Waals surface area contributed by atoms with Crippen molar-refractivity contribution in [1.29, 1.82) is 0 Å². The molecule has 1 atom stereocenters. The average Bonchev–Trinajstić information content (AvgIpc) is 3.16. The predicted octanol–water partition coefficient (Wildman–Crippen LogP) is 8.80. The van der Waals surface area contributed by atoms with Gasteiger partial charge >= 0.3 is 11.9 Å². The Bertz CT molecular complexity index is 1930. The summed E-state index contributed by atoms with van der Waals surface area (Å²) >= 11 is 12.7. The number of halogens is 2. The zero-order valence-corrected chi connectivity index (χ0v) is 31.7. The maximum absolute atomic E-state index is 12.6. The Morgan fingerprint density at radius 1 is 0.887 bits per heavy atom. The molecule has 12 heteroatoms. The van der Waals surface area contributed by atoms with E-state index in [1.54, 1.807) is 18.2 Å². The Balaban J connectivity index is 1.62. The van der Waals surface area contributed by atoms with Crippen LogP contribution in [0.25, 0.3) is 16.0 Å². The molecule has 4 aromatic carbocycles. The van der Waals surface area contributed by atoms with Crippen LogP contribution in [0.3, 0.4) is 0 Å². The smallest absolute Gasteiger partial charge is 0.334 e. The van der Waals surface area contributed by atoms with E-state index in [9.17, 15) is 14.7 Å². The number of carbonyl (C=O) groups is 2. The van der Waals surface area contributed by atoms with Crippen molar-refractivity contribution in [2.75, 3.05) is 26.1 Å². The minimum absolute atomic E-state index is 0.0177. The number of hydrogen-bond donors (Lipinski definition) is 3. The number of benzene rings is 4. The second kappa shape index (κ2) is 20.5. The summed E-state index contributed by atoms with van der Waals surface area (Å²) in [6.45, 7) is 12.9. The van der Waals surface area contributed by atoms with Crippen LogP contribution >= 0.6 is 23.2 Å². The van der Waals surface area contributed by atoms with E-state index in [2.05, 4.69) is 22.3 Å². The molecule has 0 aliphatic rings. The van der Waals surface area contributed by atoms with E-state index in [0.29, 0.717) is 53.1 Å². The zero-order valence-electron chi connectivity index (χ0n) is 30.2. The van der Waals surface area contributed by atoms with Crippen LogP contribution in [0.5, 0.6) is 17.2 Å². The molecular formula is C41H45Cl2N3O7. The van der Waals surface area contributed by atoms with E-state index in [0.717, 1.165) is 52.8 Å². The number of alkyl halides is 1. The van der Waals surface area contributed by atoms with Crippen molar-refractivity contribution in [2.45, 2.75) is 65.3 Å². The van der Waals surface area contributed by atoms with Crippen molar-refractivity contribution >= 4 is 40.8 Å². The summed E-state index contributed by atoms with van der Waals surface area (Å²) in [6.07, 6.45) is 2.78. The van der Waals surface area contributed by atoms with Crippen LogP contribution in [0, 0.1) is 20.4 Å². The molecule has 4 rings (SSSR count). The van der Waals surface area contributed by atoms with Crippen molar-refractivity contribution in [3.05, 3.63) is 117 Å². The number of rotatable bonds is 20. The average molecular weight is 763 g/mol. The van der Waals surface area contributed by atoms with Gasteiger partial charge in [-0.1, -0.05) is 48.4 Å².